The third-order valence-corrected chi connectivity index (χ3v) is 3.82. The van der Waals surface area contributed by atoms with E-state index in [-0.39, 0.29) is 30.0 Å². The van der Waals surface area contributed by atoms with Gasteiger partial charge in [-0.3, -0.25) is 0 Å². The second-order valence-electron chi connectivity index (χ2n) is 5.00. The molecule has 6 heteroatoms. The van der Waals surface area contributed by atoms with Gasteiger partial charge in [-0.2, -0.15) is 14.2 Å². The first-order chi connectivity index (χ1) is 11.1. The number of pyridine rings is 1. The monoisotopic (exact) mass is 326 g/mol. The van der Waals surface area contributed by atoms with E-state index in [1.807, 2.05) is 0 Å². The third kappa shape index (κ3) is 2.65. The van der Waals surface area contributed by atoms with Crippen LogP contribution in [0.15, 0.2) is 53.5 Å². The van der Waals surface area contributed by atoms with Crippen LogP contribution in [0.1, 0.15) is 6.42 Å². The lowest BCUT2D eigenvalue weighted by atomic mass is 10.1. The zero-order valence-corrected chi connectivity index (χ0v) is 12.9. The van der Waals surface area contributed by atoms with Crippen LogP contribution in [0.2, 0.25) is 5.02 Å². The van der Waals surface area contributed by atoms with Gasteiger partial charge in [0.05, 0.1) is 18.7 Å². The summed E-state index contributed by atoms with van der Waals surface area (Å²) in [5.41, 5.74) is 0.878. The quantitative estimate of drug-likeness (QED) is 0.752. The number of hydrogen-bond acceptors (Lipinski definition) is 3. The zero-order chi connectivity index (χ0) is 16.4. The topological polar surface area (TPSA) is 70.1 Å². The van der Waals surface area contributed by atoms with E-state index in [0.29, 0.717) is 16.2 Å². The Bertz CT molecular complexity index is 989. The van der Waals surface area contributed by atoms with E-state index in [4.69, 9.17) is 16.9 Å². The van der Waals surface area contributed by atoms with Crippen molar-refractivity contribution in [3.63, 3.8) is 0 Å². The van der Waals surface area contributed by atoms with Crippen molar-refractivity contribution in [2.45, 2.75) is 13.0 Å². The van der Waals surface area contributed by atoms with Gasteiger partial charge in [0.25, 0.3) is 11.5 Å². The molecule has 1 aromatic carbocycles. The molecular weight excluding hydrogens is 314 g/mol. The predicted molar refractivity (Wildman–Crippen MR) is 86.2 cm³/mol. The summed E-state index contributed by atoms with van der Waals surface area (Å²) in [5, 5.41) is 19.9. The standard InChI is InChI=1S/C17H12ClN3O2/c18-13-6-3-5-12(11-13)15-16(22)20-9-2-1-7-14(20)21(17(15)23)10-4-8-19/h1-3,5-7,9,11H,4,10H2/p+1. The molecule has 0 aliphatic carbocycles. The van der Waals surface area contributed by atoms with Gasteiger partial charge >= 0.3 is 5.56 Å². The molecule has 1 N–H and O–H groups in total. The third-order valence-electron chi connectivity index (χ3n) is 3.59. The highest BCUT2D eigenvalue weighted by Crippen LogP contribution is 2.28. The molecule has 0 bridgehead atoms. The van der Waals surface area contributed by atoms with Gasteiger partial charge in [-0.1, -0.05) is 29.8 Å². The van der Waals surface area contributed by atoms with Gasteiger partial charge in [0.2, 0.25) is 0 Å². The van der Waals surface area contributed by atoms with E-state index in [1.165, 1.54) is 4.40 Å². The fourth-order valence-electron chi connectivity index (χ4n) is 2.56. The molecule has 0 atom stereocenters. The van der Waals surface area contributed by atoms with E-state index < -0.39 is 0 Å². The number of nitrogens with zero attached hydrogens (tertiary/aromatic N) is 3. The molecule has 23 heavy (non-hydrogen) atoms. The predicted octanol–water partition coefficient (Wildman–Crippen LogP) is 2.53. The summed E-state index contributed by atoms with van der Waals surface area (Å²) in [5.74, 6) is -0.168. The van der Waals surface area contributed by atoms with Crippen LogP contribution in [0.25, 0.3) is 16.8 Å². The van der Waals surface area contributed by atoms with Crippen LogP contribution in [-0.2, 0) is 6.54 Å². The summed E-state index contributed by atoms with van der Waals surface area (Å²) in [6.07, 6.45) is 1.85. The van der Waals surface area contributed by atoms with Gasteiger partial charge in [0.1, 0.15) is 6.54 Å². The largest absolute Gasteiger partial charge is 0.477 e. The molecule has 0 unspecified atom stereocenters. The first-order valence-electron chi connectivity index (χ1n) is 7.02. The molecule has 0 fully saturated rings. The van der Waals surface area contributed by atoms with Gasteiger partial charge in [-0.25, -0.2) is 4.79 Å². The number of hydrogen-bond donors (Lipinski definition) is 1. The number of halogens is 1. The number of rotatable bonds is 3. The molecule has 0 saturated heterocycles. The van der Waals surface area contributed by atoms with E-state index in [9.17, 15) is 9.90 Å². The molecule has 0 saturated carbocycles. The van der Waals surface area contributed by atoms with Gasteiger partial charge in [0, 0.05) is 11.1 Å². The number of nitriles is 1. The first-order valence-corrected chi connectivity index (χ1v) is 7.40. The maximum absolute atomic E-state index is 12.8. The fourth-order valence-corrected chi connectivity index (χ4v) is 2.75. The SMILES string of the molecule is N#CCCn1c(O)c(-c2cccc(Cl)c2)c(=O)[n+]2ccccc12. The Morgan fingerprint density at radius 3 is 2.83 bits per heavy atom. The summed E-state index contributed by atoms with van der Waals surface area (Å²) in [6, 6.07) is 14.0. The number of aromatic hydroxyl groups is 1. The van der Waals surface area contributed by atoms with Crippen LogP contribution in [0, 0.1) is 11.3 Å². The van der Waals surface area contributed by atoms with Crippen LogP contribution in [-0.4, -0.2) is 9.67 Å². The summed E-state index contributed by atoms with van der Waals surface area (Å²) in [4.78, 5) is 12.8. The molecule has 3 aromatic rings. The van der Waals surface area contributed by atoms with Crippen molar-refractivity contribution in [3.8, 4) is 23.1 Å². The van der Waals surface area contributed by atoms with Crippen LogP contribution in [0.3, 0.4) is 0 Å². The van der Waals surface area contributed by atoms with Gasteiger partial charge in [0.15, 0.2) is 5.56 Å². The van der Waals surface area contributed by atoms with E-state index in [1.54, 1.807) is 53.2 Å². The molecule has 0 aliphatic heterocycles. The van der Waals surface area contributed by atoms with Gasteiger partial charge in [-0.05, 0) is 23.8 Å². The smallest absolute Gasteiger partial charge is 0.354 e. The summed E-state index contributed by atoms with van der Waals surface area (Å²) in [7, 11) is 0. The van der Waals surface area contributed by atoms with Crippen LogP contribution in [0.5, 0.6) is 5.88 Å². The van der Waals surface area contributed by atoms with Crippen molar-refractivity contribution in [2.24, 2.45) is 0 Å². The van der Waals surface area contributed by atoms with Crippen LogP contribution < -0.4 is 9.96 Å². The first kappa shape index (κ1) is 15.1. The number of benzene rings is 1. The zero-order valence-electron chi connectivity index (χ0n) is 12.1. The lowest BCUT2D eigenvalue weighted by Gasteiger charge is -2.09. The fraction of sp³-hybridized carbons (Fsp3) is 0.118. The van der Waals surface area contributed by atoms with E-state index in [0.717, 1.165) is 0 Å². The highest BCUT2D eigenvalue weighted by atomic mass is 35.5. The number of aryl methyl sites for hydroxylation is 1. The molecule has 0 radical (unpaired) electrons. The Labute approximate surface area is 137 Å². The highest BCUT2D eigenvalue weighted by Gasteiger charge is 2.24. The van der Waals surface area contributed by atoms with E-state index >= 15 is 0 Å². The summed E-state index contributed by atoms with van der Waals surface area (Å²) in [6.45, 7) is 0.281. The van der Waals surface area contributed by atoms with Crippen molar-refractivity contribution in [2.75, 3.05) is 0 Å². The maximum Gasteiger partial charge on any atom is 0.354 e. The molecule has 2 heterocycles. The van der Waals surface area contributed by atoms with Crippen LogP contribution in [0.4, 0.5) is 0 Å². The highest BCUT2D eigenvalue weighted by molar-refractivity contribution is 6.30. The van der Waals surface area contributed by atoms with Gasteiger partial charge < -0.3 is 5.11 Å². The average molecular weight is 327 g/mol. The molecular formula is C17H13ClN3O2+. The van der Waals surface area contributed by atoms with Crippen molar-refractivity contribution in [3.05, 3.63) is 64.0 Å². The summed E-state index contributed by atoms with van der Waals surface area (Å²) >= 11 is 6.00. The molecule has 5 nitrogen and oxygen atoms in total. The lowest BCUT2D eigenvalue weighted by molar-refractivity contribution is -0.532. The van der Waals surface area contributed by atoms with Crippen LogP contribution >= 0.6 is 11.6 Å². The Balaban J connectivity index is 2.39. The molecule has 0 aliphatic rings. The molecule has 3 rings (SSSR count). The van der Waals surface area contributed by atoms with Crippen molar-refractivity contribution < 1.29 is 9.51 Å². The second-order valence-corrected chi connectivity index (χ2v) is 5.44. The second kappa shape index (κ2) is 6.11. The summed E-state index contributed by atoms with van der Waals surface area (Å²) < 4.78 is 3.01. The van der Waals surface area contributed by atoms with Crippen molar-refractivity contribution in [1.29, 1.82) is 5.26 Å². The normalized spacial score (nSPS) is 10.6. The number of aromatic nitrogens is 2. The molecule has 2 aromatic heterocycles. The minimum Gasteiger partial charge on any atom is -0.477 e. The van der Waals surface area contributed by atoms with E-state index in [2.05, 4.69) is 6.07 Å². The Kier molecular flexibility index (Phi) is 4.00. The lowest BCUT2D eigenvalue weighted by Crippen LogP contribution is -2.43. The van der Waals surface area contributed by atoms with Gasteiger partial charge in [-0.15, -0.1) is 0 Å². The Morgan fingerprint density at radius 1 is 1.26 bits per heavy atom. The molecule has 0 amide bonds. The van der Waals surface area contributed by atoms with Crippen molar-refractivity contribution in [1.82, 2.24) is 4.57 Å². The van der Waals surface area contributed by atoms with Crippen molar-refractivity contribution >= 4 is 17.2 Å². The molecule has 0 spiro atoms. The minimum absolute atomic E-state index is 0.161. The number of fused-ring (bicyclic) bond motifs is 1. The Morgan fingerprint density at radius 2 is 2.09 bits per heavy atom. The Hall–Kier alpha value is -2.84. The molecule has 114 valence electrons. The maximum atomic E-state index is 12.8. The minimum atomic E-state index is -0.339. The average Bonchev–Trinajstić information content (AvgIpc) is 2.55.